The van der Waals surface area contributed by atoms with Crippen LogP contribution in [0.15, 0.2) is 12.7 Å². The van der Waals surface area contributed by atoms with Gasteiger partial charge in [-0.3, -0.25) is 0 Å². The molecular weight excluding hydrogens is 376 g/mol. The van der Waals surface area contributed by atoms with Gasteiger partial charge in [0.15, 0.2) is 0 Å². The van der Waals surface area contributed by atoms with Crippen LogP contribution in [0.2, 0.25) is 0 Å². The lowest BCUT2D eigenvalue weighted by Crippen LogP contribution is -2.41. The number of rotatable bonds is 9. The van der Waals surface area contributed by atoms with Gasteiger partial charge in [0.1, 0.15) is 12.6 Å². The average molecular weight is 415 g/mol. The predicted molar refractivity (Wildman–Crippen MR) is 116 cm³/mol. The fourth-order valence-corrected chi connectivity index (χ4v) is 4.15. The largest absolute Gasteiger partial charge is 0.480 e. The second-order valence-corrected chi connectivity index (χ2v) is 8.53. The lowest BCUT2D eigenvalue weighted by Gasteiger charge is -2.30. The number of alkyl carbamates (subject to hydrolysis) is 1. The maximum atomic E-state index is 11.0. The maximum absolute atomic E-state index is 11.0. The first-order valence-corrected chi connectivity index (χ1v) is 12.0. The normalized spacial score (nSPS) is 19.0. The molecule has 2 aliphatic carbocycles. The van der Waals surface area contributed by atoms with Crippen LogP contribution in [0.25, 0.3) is 0 Å². The number of ether oxygens (including phenoxy) is 1. The monoisotopic (exact) mass is 414 g/mol. The van der Waals surface area contributed by atoms with Crippen LogP contribution in [0.5, 0.6) is 0 Å². The molecule has 0 heterocycles. The Balaban J connectivity index is 0.000000281. The van der Waals surface area contributed by atoms with E-state index in [9.17, 15) is 9.59 Å². The van der Waals surface area contributed by atoms with Crippen molar-refractivity contribution in [2.24, 2.45) is 0 Å². The van der Waals surface area contributed by atoms with E-state index >= 15 is 0 Å². The van der Waals surface area contributed by atoms with Gasteiger partial charge in [-0.25, -0.2) is 9.59 Å². The highest BCUT2D eigenvalue weighted by Crippen LogP contribution is 2.22. The summed E-state index contributed by atoms with van der Waals surface area (Å²) in [5.74, 6) is -0.391. The Morgan fingerprint density at radius 3 is 2.07 bits per heavy atom. The molecule has 7 heteroatoms. The van der Waals surface area contributed by atoms with E-state index in [-0.39, 0.29) is 6.61 Å². The molecule has 2 fully saturated rings. The Hall–Kier alpha value is -1.21. The van der Waals surface area contributed by atoms with E-state index in [1.807, 2.05) is 6.26 Å². The number of thioether (sulfide) groups is 1. The number of hydrogen-bond acceptors (Lipinski definition) is 5. The van der Waals surface area contributed by atoms with Crippen molar-refractivity contribution in [1.29, 1.82) is 0 Å². The van der Waals surface area contributed by atoms with Crippen LogP contribution in [-0.4, -0.2) is 53.9 Å². The SMILES string of the molecule is C1CCC(NC2CCCCC2)CC1.C=CCOC(=O)N[C@H](CCSC)C(=O)O. The summed E-state index contributed by atoms with van der Waals surface area (Å²) in [5.41, 5.74) is 0. The van der Waals surface area contributed by atoms with Crippen LogP contribution in [0.4, 0.5) is 4.79 Å². The first kappa shape index (κ1) is 24.8. The summed E-state index contributed by atoms with van der Waals surface area (Å²) in [6.45, 7) is 3.44. The molecule has 0 unspecified atom stereocenters. The fraction of sp³-hybridized carbons (Fsp3) is 0.810. The molecule has 1 amide bonds. The molecular formula is C21H38N2O4S. The van der Waals surface area contributed by atoms with Gasteiger partial charge < -0.3 is 20.5 Å². The smallest absolute Gasteiger partial charge is 0.408 e. The number of carbonyl (C=O) groups is 2. The third-order valence-corrected chi connectivity index (χ3v) is 5.86. The van der Waals surface area contributed by atoms with Gasteiger partial charge in [0.2, 0.25) is 0 Å². The van der Waals surface area contributed by atoms with Crippen molar-refractivity contribution in [3.05, 3.63) is 12.7 Å². The molecule has 0 aromatic carbocycles. The minimum Gasteiger partial charge on any atom is -0.480 e. The molecule has 0 radical (unpaired) electrons. The predicted octanol–water partition coefficient (Wildman–Crippen LogP) is 4.35. The lowest BCUT2D eigenvalue weighted by atomic mass is 9.91. The van der Waals surface area contributed by atoms with E-state index in [0.29, 0.717) is 12.2 Å². The van der Waals surface area contributed by atoms with Crippen molar-refractivity contribution in [3.63, 3.8) is 0 Å². The van der Waals surface area contributed by atoms with Crippen molar-refractivity contribution in [2.75, 3.05) is 18.6 Å². The Kier molecular flexibility index (Phi) is 13.9. The summed E-state index contributed by atoms with van der Waals surface area (Å²) >= 11 is 1.52. The van der Waals surface area contributed by atoms with E-state index in [4.69, 9.17) is 5.11 Å². The highest BCUT2D eigenvalue weighted by Gasteiger charge is 2.20. The van der Waals surface area contributed by atoms with Gasteiger partial charge in [-0.05, 0) is 44.1 Å². The van der Waals surface area contributed by atoms with Crippen molar-refractivity contribution in [1.82, 2.24) is 10.6 Å². The summed E-state index contributed by atoms with van der Waals surface area (Å²) < 4.78 is 4.61. The van der Waals surface area contributed by atoms with Crippen LogP contribution in [-0.2, 0) is 9.53 Å². The third kappa shape index (κ3) is 11.6. The van der Waals surface area contributed by atoms with Gasteiger partial charge in [0.05, 0.1) is 0 Å². The van der Waals surface area contributed by atoms with Gasteiger partial charge in [-0.1, -0.05) is 51.2 Å². The van der Waals surface area contributed by atoms with Gasteiger partial charge >= 0.3 is 12.1 Å². The lowest BCUT2D eigenvalue weighted by molar-refractivity contribution is -0.139. The van der Waals surface area contributed by atoms with Gasteiger partial charge in [-0.2, -0.15) is 11.8 Å². The average Bonchev–Trinajstić information content (AvgIpc) is 2.71. The molecule has 1 atom stereocenters. The van der Waals surface area contributed by atoms with Crippen molar-refractivity contribution < 1.29 is 19.4 Å². The molecule has 6 nitrogen and oxygen atoms in total. The Morgan fingerprint density at radius 1 is 1.11 bits per heavy atom. The number of nitrogens with one attached hydrogen (secondary N) is 2. The molecule has 2 rings (SSSR count). The Bertz CT molecular complexity index is 434. The van der Waals surface area contributed by atoms with Crippen LogP contribution < -0.4 is 10.6 Å². The first-order valence-electron chi connectivity index (χ1n) is 10.6. The Labute approximate surface area is 174 Å². The van der Waals surface area contributed by atoms with Gasteiger partial charge in [0.25, 0.3) is 0 Å². The molecule has 3 N–H and O–H groups in total. The van der Waals surface area contributed by atoms with Crippen molar-refractivity contribution >= 4 is 23.8 Å². The van der Waals surface area contributed by atoms with E-state index in [1.165, 1.54) is 82.0 Å². The molecule has 2 aliphatic rings. The summed E-state index contributed by atoms with van der Waals surface area (Å²) in [5, 5.41) is 14.9. The fourth-order valence-electron chi connectivity index (χ4n) is 3.68. The standard InChI is InChI=1S/C12H23N.C9H15NO4S/c1-3-7-11(8-4-1)13-12-9-5-2-6-10-12;1-3-5-14-9(13)10-7(8(11)12)4-6-15-2/h11-13H,1-10H2;3,7H,1,4-6H2,2H3,(H,10,13)(H,11,12)/t;7-/m.1/s1. The zero-order valence-electron chi connectivity index (χ0n) is 17.3. The molecule has 0 aromatic heterocycles. The second kappa shape index (κ2) is 15.7. The number of amides is 1. The van der Waals surface area contributed by atoms with Crippen molar-refractivity contribution in [3.8, 4) is 0 Å². The van der Waals surface area contributed by atoms with Crippen LogP contribution in [0.3, 0.4) is 0 Å². The van der Waals surface area contributed by atoms with Crippen LogP contribution in [0, 0.1) is 0 Å². The van der Waals surface area contributed by atoms with Gasteiger partial charge in [0, 0.05) is 12.1 Å². The molecule has 0 aromatic rings. The molecule has 0 saturated heterocycles. The number of carboxylic acids is 1. The number of carbonyl (C=O) groups excluding carboxylic acids is 1. The van der Waals surface area contributed by atoms with E-state index in [1.54, 1.807) is 0 Å². The zero-order chi connectivity index (χ0) is 20.6. The maximum Gasteiger partial charge on any atom is 0.408 e. The topological polar surface area (TPSA) is 87.7 Å². The highest BCUT2D eigenvalue weighted by atomic mass is 32.2. The number of aliphatic carboxylic acids is 1. The van der Waals surface area contributed by atoms with Crippen LogP contribution >= 0.6 is 11.8 Å². The molecule has 0 bridgehead atoms. The molecule has 0 spiro atoms. The molecule has 162 valence electrons. The first-order chi connectivity index (χ1) is 13.6. The minimum absolute atomic E-state index is 0.0701. The third-order valence-electron chi connectivity index (χ3n) is 5.21. The summed E-state index contributed by atoms with van der Waals surface area (Å²) in [7, 11) is 0. The quantitative estimate of drug-likeness (QED) is 0.486. The number of carboxylic acid groups (broad SMARTS) is 1. The minimum atomic E-state index is -1.06. The van der Waals surface area contributed by atoms with E-state index in [0.717, 1.165) is 12.1 Å². The Morgan fingerprint density at radius 2 is 1.64 bits per heavy atom. The second-order valence-electron chi connectivity index (χ2n) is 7.54. The van der Waals surface area contributed by atoms with Crippen LogP contribution in [0.1, 0.15) is 70.6 Å². The van der Waals surface area contributed by atoms with E-state index < -0.39 is 18.1 Å². The molecule has 2 saturated carbocycles. The summed E-state index contributed by atoms with van der Waals surface area (Å²) in [4.78, 5) is 21.7. The molecule has 0 aliphatic heterocycles. The summed E-state index contributed by atoms with van der Waals surface area (Å²) in [6.07, 6.45) is 17.5. The zero-order valence-corrected chi connectivity index (χ0v) is 18.1. The summed E-state index contributed by atoms with van der Waals surface area (Å²) in [6, 6.07) is 0.850. The molecule has 28 heavy (non-hydrogen) atoms. The van der Waals surface area contributed by atoms with Gasteiger partial charge in [-0.15, -0.1) is 0 Å². The van der Waals surface area contributed by atoms with E-state index in [2.05, 4.69) is 21.9 Å². The van der Waals surface area contributed by atoms with Crippen molar-refractivity contribution in [2.45, 2.75) is 88.8 Å². The number of hydrogen-bond donors (Lipinski definition) is 3. The highest BCUT2D eigenvalue weighted by molar-refractivity contribution is 7.98.